The fourth-order valence-corrected chi connectivity index (χ4v) is 3.10. The van der Waals surface area contributed by atoms with Gasteiger partial charge in [0.05, 0.1) is 12.8 Å². The molecule has 0 unspecified atom stereocenters. The maximum Gasteiger partial charge on any atom is 0.343 e. The van der Waals surface area contributed by atoms with Crippen molar-refractivity contribution in [1.82, 2.24) is 10.2 Å². The van der Waals surface area contributed by atoms with E-state index in [1.165, 1.54) is 37.5 Å². The number of nitrogens with one attached hydrogen (secondary N) is 2. The number of hydrogen-bond donors (Lipinski definition) is 2. The minimum Gasteiger partial charge on any atom is -0.481 e. The fraction of sp³-hybridized carbons (Fsp3) is 0.143. The van der Waals surface area contributed by atoms with Gasteiger partial charge in [-0.05, 0) is 36.4 Å². The molecule has 0 aromatic heterocycles. The molecule has 0 radical (unpaired) electrons. The lowest BCUT2D eigenvalue weighted by Crippen LogP contribution is -2.38. The van der Waals surface area contributed by atoms with Gasteiger partial charge in [-0.1, -0.05) is 28.1 Å². The molecule has 1 aliphatic heterocycles. The molecule has 1 heterocycles. The number of rotatable bonds is 7. The second kappa shape index (κ2) is 10.1. The number of methoxy groups -OCH3 is 1. The van der Waals surface area contributed by atoms with Crippen molar-refractivity contribution >= 4 is 51.5 Å². The number of anilines is 1. The number of para-hydroxylation sites is 1. The van der Waals surface area contributed by atoms with Gasteiger partial charge in [0, 0.05) is 10.0 Å². The van der Waals surface area contributed by atoms with Crippen LogP contribution in [0.15, 0.2) is 52.6 Å². The minimum absolute atomic E-state index is 0.0677. The van der Waals surface area contributed by atoms with Gasteiger partial charge in [0.15, 0.2) is 6.61 Å². The Balaban J connectivity index is 1.75. The average molecular weight is 506 g/mol. The summed E-state index contributed by atoms with van der Waals surface area (Å²) in [5.41, 5.74) is 0.223. The zero-order valence-corrected chi connectivity index (χ0v) is 18.3. The Hall–Kier alpha value is -3.73. The number of nitrogens with zero attached hydrogens (tertiary/aromatic N) is 1. The number of halogens is 2. The van der Waals surface area contributed by atoms with E-state index in [0.29, 0.717) is 14.9 Å². The molecule has 0 spiro atoms. The van der Waals surface area contributed by atoms with Crippen LogP contribution in [0.5, 0.6) is 5.75 Å². The van der Waals surface area contributed by atoms with Gasteiger partial charge in [-0.25, -0.2) is 18.9 Å². The summed E-state index contributed by atoms with van der Waals surface area (Å²) in [5, 5.41) is 4.70. The third kappa shape index (κ3) is 5.49. The summed E-state index contributed by atoms with van der Waals surface area (Å²) < 4.78 is 24.3. The topological polar surface area (TPSA) is 114 Å². The molecule has 0 atom stereocenters. The first-order valence-corrected chi connectivity index (χ1v) is 9.96. The number of carbonyl (C=O) groups excluding carboxylic acids is 4. The van der Waals surface area contributed by atoms with E-state index < -0.39 is 36.2 Å². The Morgan fingerprint density at radius 1 is 1.22 bits per heavy atom. The Morgan fingerprint density at radius 3 is 2.69 bits per heavy atom. The van der Waals surface area contributed by atoms with Gasteiger partial charge in [-0.15, -0.1) is 0 Å². The average Bonchev–Trinajstić information content (AvgIpc) is 3.02. The number of esters is 1. The summed E-state index contributed by atoms with van der Waals surface area (Å²) >= 11 is 3.31. The first-order chi connectivity index (χ1) is 15.3. The van der Waals surface area contributed by atoms with Crippen LogP contribution in [0.4, 0.5) is 14.9 Å². The van der Waals surface area contributed by atoms with Crippen molar-refractivity contribution in [2.24, 2.45) is 0 Å². The van der Waals surface area contributed by atoms with Crippen LogP contribution in [0, 0.1) is 5.82 Å². The minimum atomic E-state index is -0.808. The van der Waals surface area contributed by atoms with Crippen molar-refractivity contribution in [3.8, 4) is 5.75 Å². The van der Waals surface area contributed by atoms with E-state index in [2.05, 4.69) is 31.3 Å². The van der Waals surface area contributed by atoms with E-state index >= 15 is 0 Å². The maximum absolute atomic E-state index is 13.7. The number of amides is 4. The summed E-state index contributed by atoms with van der Waals surface area (Å²) in [6.07, 6.45) is 1.35. The van der Waals surface area contributed by atoms with E-state index in [9.17, 15) is 23.6 Å². The van der Waals surface area contributed by atoms with Crippen LogP contribution in [0.3, 0.4) is 0 Å². The molecule has 166 valence electrons. The first-order valence-electron chi connectivity index (χ1n) is 9.16. The number of benzene rings is 2. The lowest BCUT2D eigenvalue weighted by atomic mass is 10.1. The van der Waals surface area contributed by atoms with Crippen molar-refractivity contribution in [2.45, 2.75) is 0 Å². The van der Waals surface area contributed by atoms with Crippen molar-refractivity contribution in [3.63, 3.8) is 0 Å². The number of hydrogen-bond acceptors (Lipinski definition) is 6. The van der Waals surface area contributed by atoms with Crippen LogP contribution in [-0.4, -0.2) is 49.0 Å². The molecule has 1 aliphatic rings. The first kappa shape index (κ1) is 22.9. The molecule has 4 amide bonds. The quantitative estimate of drug-likeness (QED) is 0.339. The van der Waals surface area contributed by atoms with E-state index in [4.69, 9.17) is 4.74 Å². The van der Waals surface area contributed by atoms with E-state index in [1.54, 1.807) is 18.2 Å². The van der Waals surface area contributed by atoms with Crippen molar-refractivity contribution in [1.29, 1.82) is 0 Å². The van der Waals surface area contributed by atoms with Gasteiger partial charge in [0.2, 0.25) is 5.91 Å². The molecule has 0 aliphatic carbocycles. The molecule has 3 rings (SSSR count). The molecule has 1 saturated heterocycles. The van der Waals surface area contributed by atoms with Crippen LogP contribution in [0.2, 0.25) is 0 Å². The van der Waals surface area contributed by atoms with Crippen molar-refractivity contribution < 1.29 is 33.0 Å². The SMILES string of the molecule is COC(=O)COc1ccc(Br)cc1/C=C1/NC(=O)N(CC(=O)Nc2ccccc2F)C1=O. The molecular formula is C21H17BrFN3O6. The molecule has 2 N–H and O–H groups in total. The van der Waals surface area contributed by atoms with Gasteiger partial charge in [-0.2, -0.15) is 0 Å². The predicted molar refractivity (Wildman–Crippen MR) is 115 cm³/mol. The Labute approximate surface area is 190 Å². The zero-order chi connectivity index (χ0) is 23.3. The smallest absolute Gasteiger partial charge is 0.343 e. The highest BCUT2D eigenvalue weighted by Crippen LogP contribution is 2.26. The standard InChI is InChI=1S/C21H17BrFN3O6/c1-31-19(28)11-32-17-7-6-13(22)8-12(17)9-16-20(29)26(21(30)25-16)10-18(27)24-15-5-3-2-4-14(15)23/h2-9H,10-11H2,1H3,(H,24,27)(H,25,30)/b16-9+. The molecule has 0 saturated carbocycles. The van der Waals surface area contributed by atoms with E-state index in [1.807, 2.05) is 0 Å². The number of imide groups is 1. The monoisotopic (exact) mass is 505 g/mol. The molecule has 0 bridgehead atoms. The van der Waals surface area contributed by atoms with Gasteiger partial charge in [0.25, 0.3) is 5.91 Å². The summed E-state index contributed by atoms with van der Waals surface area (Å²) in [4.78, 5) is 49.2. The lowest BCUT2D eigenvalue weighted by Gasteiger charge is -2.12. The van der Waals surface area contributed by atoms with Crippen LogP contribution in [0.25, 0.3) is 6.08 Å². The summed E-state index contributed by atoms with van der Waals surface area (Å²) in [7, 11) is 1.22. The highest BCUT2D eigenvalue weighted by molar-refractivity contribution is 9.10. The van der Waals surface area contributed by atoms with Gasteiger partial charge >= 0.3 is 12.0 Å². The molecule has 32 heavy (non-hydrogen) atoms. The second-order valence-electron chi connectivity index (χ2n) is 6.45. The second-order valence-corrected chi connectivity index (χ2v) is 7.37. The van der Waals surface area contributed by atoms with Crippen LogP contribution in [0.1, 0.15) is 5.56 Å². The Bertz CT molecular complexity index is 1120. The zero-order valence-electron chi connectivity index (χ0n) is 16.7. The fourth-order valence-electron chi connectivity index (χ4n) is 2.73. The molecular weight excluding hydrogens is 489 g/mol. The Kier molecular flexibility index (Phi) is 7.21. The Morgan fingerprint density at radius 2 is 1.97 bits per heavy atom. The van der Waals surface area contributed by atoms with Crippen molar-refractivity contribution in [2.75, 3.05) is 25.6 Å². The highest BCUT2D eigenvalue weighted by atomic mass is 79.9. The number of urea groups is 1. The predicted octanol–water partition coefficient (Wildman–Crippen LogP) is 2.67. The largest absolute Gasteiger partial charge is 0.481 e. The molecule has 2 aromatic carbocycles. The van der Waals surface area contributed by atoms with E-state index in [-0.39, 0.29) is 23.7 Å². The summed E-state index contributed by atoms with van der Waals surface area (Å²) in [5.74, 6) is -2.47. The third-order valence-corrected chi connectivity index (χ3v) is 4.75. The lowest BCUT2D eigenvalue weighted by molar-refractivity contribution is -0.142. The normalized spacial score (nSPS) is 14.3. The van der Waals surface area contributed by atoms with Gasteiger partial charge in [-0.3, -0.25) is 9.59 Å². The molecule has 1 fully saturated rings. The van der Waals surface area contributed by atoms with E-state index in [0.717, 1.165) is 0 Å². The van der Waals surface area contributed by atoms with Crippen LogP contribution < -0.4 is 15.4 Å². The van der Waals surface area contributed by atoms with Crippen LogP contribution >= 0.6 is 15.9 Å². The third-order valence-electron chi connectivity index (χ3n) is 4.26. The number of ether oxygens (including phenoxy) is 2. The highest BCUT2D eigenvalue weighted by Gasteiger charge is 2.35. The molecule has 11 heteroatoms. The maximum atomic E-state index is 13.7. The van der Waals surface area contributed by atoms with Gasteiger partial charge in [0.1, 0.15) is 23.8 Å². The summed E-state index contributed by atoms with van der Waals surface area (Å²) in [6.45, 7) is -0.961. The van der Waals surface area contributed by atoms with Crippen molar-refractivity contribution in [3.05, 3.63) is 64.0 Å². The van der Waals surface area contributed by atoms with Gasteiger partial charge < -0.3 is 20.1 Å². The summed E-state index contributed by atoms with van der Waals surface area (Å²) in [6, 6.07) is 9.57. The molecule has 2 aromatic rings. The van der Waals surface area contributed by atoms with Crippen LogP contribution in [-0.2, 0) is 19.1 Å². The molecule has 9 nitrogen and oxygen atoms in total. The number of carbonyl (C=O) groups is 4.